The molecule has 1 saturated heterocycles. The highest BCUT2D eigenvalue weighted by molar-refractivity contribution is 7.15. The Labute approximate surface area is 222 Å². The molecule has 5 heterocycles. The molecule has 3 aliphatic rings. The van der Waals surface area contributed by atoms with E-state index in [-0.39, 0.29) is 18.1 Å². The number of hydrogen-bond donors (Lipinski definition) is 2. The van der Waals surface area contributed by atoms with E-state index in [9.17, 15) is 4.79 Å². The Kier molecular flexibility index (Phi) is 7.06. The van der Waals surface area contributed by atoms with Crippen LogP contribution in [-0.2, 0) is 11.3 Å². The molecule has 3 aromatic rings. The Hall–Kier alpha value is -2.68. The number of rotatable bonds is 5. The highest BCUT2D eigenvalue weighted by Gasteiger charge is 2.32. The first-order valence-corrected chi connectivity index (χ1v) is 14.5. The highest BCUT2D eigenvalue weighted by Crippen LogP contribution is 2.36. The third kappa shape index (κ3) is 5.19. The van der Waals surface area contributed by atoms with Crippen molar-refractivity contribution in [2.45, 2.75) is 70.6 Å². The van der Waals surface area contributed by atoms with Crippen molar-refractivity contribution in [1.82, 2.24) is 25.1 Å². The van der Waals surface area contributed by atoms with Crippen molar-refractivity contribution in [1.29, 1.82) is 0 Å². The summed E-state index contributed by atoms with van der Waals surface area (Å²) in [6.45, 7) is 8.92. The van der Waals surface area contributed by atoms with Crippen LogP contribution < -0.4 is 5.32 Å². The van der Waals surface area contributed by atoms with Crippen LogP contribution in [0, 0.1) is 0 Å². The number of carbonyl (C=O) groups excluding carboxylic acids is 1. The lowest BCUT2D eigenvalue weighted by atomic mass is 9.92. The van der Waals surface area contributed by atoms with Gasteiger partial charge in [0.05, 0.1) is 13.2 Å². The van der Waals surface area contributed by atoms with E-state index in [1.54, 1.807) is 0 Å². The fourth-order valence-corrected chi connectivity index (χ4v) is 7.19. The van der Waals surface area contributed by atoms with E-state index >= 15 is 0 Å². The number of morpholine rings is 1. The van der Waals surface area contributed by atoms with Crippen molar-refractivity contribution < 1.29 is 9.53 Å². The minimum atomic E-state index is 0.0429. The summed E-state index contributed by atoms with van der Waals surface area (Å²) >= 11 is 1.85. The molecular formula is C29H37N5O2S. The molecular weight excluding hydrogens is 482 g/mol. The number of fused-ring (bicyclic) bond motifs is 1. The van der Waals surface area contributed by atoms with Crippen molar-refractivity contribution in [3.05, 3.63) is 47.1 Å². The Bertz CT molecular complexity index is 1280. The lowest BCUT2D eigenvalue weighted by molar-refractivity contribution is 0.0346. The number of nitrogens with zero attached hydrogens (tertiary/aromatic N) is 3. The van der Waals surface area contributed by atoms with Gasteiger partial charge in [0.15, 0.2) is 0 Å². The van der Waals surface area contributed by atoms with Gasteiger partial charge in [-0.1, -0.05) is 18.9 Å². The average molecular weight is 520 g/mol. The van der Waals surface area contributed by atoms with Crippen LogP contribution in [0.4, 0.5) is 4.79 Å². The van der Waals surface area contributed by atoms with Crippen LogP contribution in [0.15, 0.2) is 36.7 Å². The van der Waals surface area contributed by atoms with Gasteiger partial charge in [-0.2, -0.15) is 0 Å². The molecule has 0 aromatic carbocycles. The van der Waals surface area contributed by atoms with Gasteiger partial charge in [-0.05, 0) is 56.9 Å². The number of H-pyrrole nitrogens is 1. The van der Waals surface area contributed by atoms with Crippen molar-refractivity contribution in [3.63, 3.8) is 0 Å². The third-order valence-corrected chi connectivity index (χ3v) is 9.21. The standard InChI is InChI=1S/C29H37N5O2S/c1-19-13-21(14-20(2)34(19)29(35)32-23-5-3-4-6-23)26-17-31-28-25(26)15-22(16-30-28)27-8-7-24(37-27)18-33-9-11-36-12-10-33/h7-8,13,15-17,19-20,23H,3-6,9-12,14,18H2,1-2H3,(H,30,31)(H,32,35). The molecule has 2 atom stereocenters. The first-order chi connectivity index (χ1) is 18.0. The summed E-state index contributed by atoms with van der Waals surface area (Å²) in [6.07, 6.45) is 11.8. The molecule has 2 N–H and O–H groups in total. The molecule has 2 aliphatic heterocycles. The number of urea groups is 1. The predicted molar refractivity (Wildman–Crippen MR) is 150 cm³/mol. The maximum Gasteiger partial charge on any atom is 0.318 e. The molecule has 0 spiro atoms. The molecule has 196 valence electrons. The van der Waals surface area contributed by atoms with Crippen molar-refractivity contribution in [2.24, 2.45) is 0 Å². The Morgan fingerprint density at radius 2 is 2.03 bits per heavy atom. The summed E-state index contributed by atoms with van der Waals surface area (Å²) in [6, 6.07) is 7.33. The van der Waals surface area contributed by atoms with Gasteiger partial charge < -0.3 is 19.9 Å². The number of amides is 2. The maximum absolute atomic E-state index is 13.1. The predicted octanol–water partition coefficient (Wildman–Crippen LogP) is 5.64. The van der Waals surface area contributed by atoms with E-state index in [2.05, 4.69) is 59.5 Å². The van der Waals surface area contributed by atoms with Crippen LogP contribution >= 0.6 is 11.3 Å². The smallest absolute Gasteiger partial charge is 0.318 e. The van der Waals surface area contributed by atoms with Gasteiger partial charge in [-0.25, -0.2) is 9.78 Å². The monoisotopic (exact) mass is 519 g/mol. The number of aromatic amines is 1. The molecule has 37 heavy (non-hydrogen) atoms. The zero-order chi connectivity index (χ0) is 25.4. The summed E-state index contributed by atoms with van der Waals surface area (Å²) in [4.78, 5) is 28.3. The largest absolute Gasteiger partial charge is 0.379 e. The summed E-state index contributed by atoms with van der Waals surface area (Å²) in [5.41, 5.74) is 4.55. The number of nitrogens with one attached hydrogen (secondary N) is 2. The second-order valence-corrected chi connectivity index (χ2v) is 12.0. The van der Waals surface area contributed by atoms with Gasteiger partial charge in [0.1, 0.15) is 5.65 Å². The lowest BCUT2D eigenvalue weighted by Crippen LogP contribution is -2.52. The minimum Gasteiger partial charge on any atom is -0.379 e. The minimum absolute atomic E-state index is 0.0429. The summed E-state index contributed by atoms with van der Waals surface area (Å²) in [5.74, 6) is 0. The van der Waals surface area contributed by atoms with Crippen LogP contribution in [0.5, 0.6) is 0 Å². The molecule has 3 aromatic heterocycles. The SMILES string of the molecule is CC1C=C(c2c[nH]c3ncc(-c4ccc(CN5CCOCC5)s4)cc23)CC(C)N1C(=O)NC1CCCC1. The van der Waals surface area contributed by atoms with E-state index in [0.717, 1.165) is 68.7 Å². The van der Waals surface area contributed by atoms with Crippen molar-refractivity contribution >= 4 is 34.0 Å². The molecule has 8 heteroatoms. The number of hydrogen-bond acceptors (Lipinski definition) is 5. The van der Waals surface area contributed by atoms with Crippen molar-refractivity contribution in [2.75, 3.05) is 26.3 Å². The second kappa shape index (κ2) is 10.6. The number of carbonyl (C=O) groups is 1. The Morgan fingerprint density at radius 3 is 2.81 bits per heavy atom. The number of pyridine rings is 1. The molecule has 6 rings (SSSR count). The van der Waals surface area contributed by atoms with E-state index < -0.39 is 0 Å². The Morgan fingerprint density at radius 1 is 1.22 bits per heavy atom. The molecule has 0 bridgehead atoms. The van der Waals surface area contributed by atoms with E-state index in [1.807, 2.05) is 22.4 Å². The topological polar surface area (TPSA) is 73.5 Å². The van der Waals surface area contributed by atoms with Crippen LogP contribution in [0.3, 0.4) is 0 Å². The highest BCUT2D eigenvalue weighted by atomic mass is 32.1. The summed E-state index contributed by atoms with van der Waals surface area (Å²) in [7, 11) is 0. The van der Waals surface area contributed by atoms with Gasteiger partial charge >= 0.3 is 6.03 Å². The van der Waals surface area contributed by atoms with Crippen LogP contribution in [0.1, 0.15) is 56.4 Å². The second-order valence-electron chi connectivity index (χ2n) is 10.8. The average Bonchev–Trinajstić information content (AvgIpc) is 3.65. The van der Waals surface area contributed by atoms with Crippen LogP contribution in [0.2, 0.25) is 0 Å². The Balaban J connectivity index is 1.21. The van der Waals surface area contributed by atoms with Gasteiger partial charge in [0, 0.05) is 76.4 Å². The molecule has 0 radical (unpaired) electrons. The van der Waals surface area contributed by atoms with E-state index in [4.69, 9.17) is 9.72 Å². The van der Waals surface area contributed by atoms with E-state index in [0.29, 0.717) is 6.04 Å². The fraction of sp³-hybridized carbons (Fsp3) is 0.517. The van der Waals surface area contributed by atoms with E-state index in [1.165, 1.54) is 33.7 Å². The molecule has 1 saturated carbocycles. The number of aromatic nitrogens is 2. The van der Waals surface area contributed by atoms with Crippen LogP contribution in [0.25, 0.3) is 27.0 Å². The fourth-order valence-electron chi connectivity index (χ4n) is 6.16. The third-order valence-electron chi connectivity index (χ3n) is 8.09. The molecule has 2 fully saturated rings. The van der Waals surface area contributed by atoms with Gasteiger partial charge in [0.2, 0.25) is 0 Å². The zero-order valence-corrected chi connectivity index (χ0v) is 22.7. The first kappa shape index (κ1) is 24.6. The lowest BCUT2D eigenvalue weighted by Gasteiger charge is -2.38. The number of thiophene rings is 1. The maximum atomic E-state index is 13.1. The normalized spacial score (nSPS) is 23.5. The summed E-state index contributed by atoms with van der Waals surface area (Å²) < 4.78 is 5.49. The number of ether oxygens (including phenoxy) is 1. The summed E-state index contributed by atoms with van der Waals surface area (Å²) in [5, 5.41) is 4.42. The molecule has 1 aliphatic carbocycles. The molecule has 2 amide bonds. The van der Waals surface area contributed by atoms with Gasteiger partial charge in [0.25, 0.3) is 0 Å². The molecule has 7 nitrogen and oxygen atoms in total. The first-order valence-electron chi connectivity index (χ1n) is 13.7. The van der Waals surface area contributed by atoms with Gasteiger partial charge in [-0.15, -0.1) is 11.3 Å². The molecule has 2 unspecified atom stereocenters. The van der Waals surface area contributed by atoms with Crippen LogP contribution in [-0.4, -0.2) is 70.2 Å². The van der Waals surface area contributed by atoms with Crippen molar-refractivity contribution in [3.8, 4) is 10.4 Å². The van der Waals surface area contributed by atoms with Gasteiger partial charge in [-0.3, -0.25) is 4.90 Å². The zero-order valence-electron chi connectivity index (χ0n) is 21.8. The quantitative estimate of drug-likeness (QED) is 0.457.